The molecule has 2 amide bonds. The summed E-state index contributed by atoms with van der Waals surface area (Å²) in [4.78, 5) is 42.0. The van der Waals surface area contributed by atoms with E-state index in [-0.39, 0.29) is 12.6 Å². The Morgan fingerprint density at radius 2 is 1.71 bits per heavy atom. The van der Waals surface area contributed by atoms with Gasteiger partial charge in [0, 0.05) is 57.4 Å². The average molecular weight is 578 g/mol. The molecule has 3 saturated heterocycles. The van der Waals surface area contributed by atoms with Crippen LogP contribution in [0.2, 0.25) is 0 Å². The van der Waals surface area contributed by atoms with Gasteiger partial charge in [-0.15, -0.1) is 0 Å². The highest BCUT2D eigenvalue weighted by Crippen LogP contribution is 2.24. The van der Waals surface area contributed by atoms with Crippen molar-refractivity contribution in [3.05, 3.63) is 48.2 Å². The first-order valence-electron chi connectivity index (χ1n) is 15.9. The maximum absolute atomic E-state index is 13.2. The number of hydrogen-bond acceptors (Lipinski definition) is 8. The van der Waals surface area contributed by atoms with E-state index in [4.69, 9.17) is 9.72 Å². The molecule has 10 nitrogen and oxygen atoms in total. The predicted molar refractivity (Wildman–Crippen MR) is 165 cm³/mol. The van der Waals surface area contributed by atoms with E-state index in [1.807, 2.05) is 47.5 Å². The van der Waals surface area contributed by atoms with Crippen LogP contribution in [-0.4, -0.2) is 95.8 Å². The standard InChI is InChI=1S/C32H47N7O3/c1-2-42-30(40)28(23-25-11-6-5-7-12-25)35-32(41)38-21-15-27(16-22-38)39-20-10-13-26(24-39)34-31-33-17-14-29(36-31)37-18-8-3-4-9-19-37/h5-7,11-12,14,17,26-28H,2-4,8-10,13,15-16,18-24H2,1H3,(H,35,41)(H,33,34,36)/t26?,28-/m0/s1. The Balaban J connectivity index is 1.11. The number of aromatic nitrogens is 2. The molecular weight excluding hydrogens is 530 g/mol. The highest BCUT2D eigenvalue weighted by molar-refractivity contribution is 5.84. The molecule has 5 rings (SSSR count). The third-order valence-corrected chi connectivity index (χ3v) is 8.78. The summed E-state index contributed by atoms with van der Waals surface area (Å²) in [5.41, 5.74) is 0.988. The molecule has 2 aromatic rings. The molecule has 1 unspecified atom stereocenters. The lowest BCUT2D eigenvalue weighted by atomic mass is 9.98. The van der Waals surface area contributed by atoms with Crippen LogP contribution in [0.5, 0.6) is 0 Å². The van der Waals surface area contributed by atoms with E-state index >= 15 is 0 Å². The number of hydrogen-bond donors (Lipinski definition) is 2. The van der Waals surface area contributed by atoms with Crippen LogP contribution in [0.25, 0.3) is 0 Å². The number of rotatable bonds is 9. The van der Waals surface area contributed by atoms with Crippen molar-refractivity contribution in [2.24, 2.45) is 0 Å². The molecule has 0 saturated carbocycles. The molecule has 0 spiro atoms. The molecule has 2 N–H and O–H groups in total. The smallest absolute Gasteiger partial charge is 0.329 e. The molecule has 2 atom stereocenters. The summed E-state index contributed by atoms with van der Waals surface area (Å²) in [6.07, 6.45) is 11.4. The van der Waals surface area contributed by atoms with Crippen LogP contribution in [0, 0.1) is 0 Å². The largest absolute Gasteiger partial charge is 0.464 e. The SMILES string of the molecule is CCOC(=O)[C@H](Cc1ccccc1)NC(=O)N1CCC(N2CCCC(Nc3nccc(N4CCCCCC4)n3)C2)CC1. The lowest BCUT2D eigenvalue weighted by Crippen LogP contribution is -2.55. The minimum absolute atomic E-state index is 0.193. The van der Waals surface area contributed by atoms with Crippen molar-refractivity contribution in [3.8, 4) is 0 Å². The second-order valence-corrected chi connectivity index (χ2v) is 11.8. The van der Waals surface area contributed by atoms with Gasteiger partial charge in [0.05, 0.1) is 6.61 Å². The summed E-state index contributed by atoms with van der Waals surface area (Å²) < 4.78 is 5.26. The Morgan fingerprint density at radius 1 is 0.952 bits per heavy atom. The Labute approximate surface area is 250 Å². The summed E-state index contributed by atoms with van der Waals surface area (Å²) in [6, 6.07) is 11.6. The molecule has 10 heteroatoms. The minimum atomic E-state index is -0.702. The van der Waals surface area contributed by atoms with E-state index in [9.17, 15) is 9.59 Å². The molecule has 0 aliphatic carbocycles. The van der Waals surface area contributed by atoms with Crippen LogP contribution in [0.3, 0.4) is 0 Å². The summed E-state index contributed by atoms with van der Waals surface area (Å²) in [7, 11) is 0. The van der Waals surface area contributed by atoms with Crippen molar-refractivity contribution in [2.45, 2.75) is 82.8 Å². The van der Waals surface area contributed by atoms with E-state index in [0.29, 0.717) is 31.6 Å². The van der Waals surface area contributed by atoms with Crippen LogP contribution >= 0.6 is 0 Å². The summed E-state index contributed by atoms with van der Waals surface area (Å²) >= 11 is 0. The van der Waals surface area contributed by atoms with E-state index < -0.39 is 12.0 Å². The molecule has 0 radical (unpaired) electrons. The number of carbonyl (C=O) groups excluding carboxylic acids is 2. The number of ether oxygens (including phenoxy) is 1. The lowest BCUT2D eigenvalue weighted by Gasteiger charge is -2.42. The van der Waals surface area contributed by atoms with Crippen LogP contribution in [-0.2, 0) is 16.0 Å². The van der Waals surface area contributed by atoms with Gasteiger partial charge in [-0.1, -0.05) is 43.2 Å². The molecule has 3 fully saturated rings. The lowest BCUT2D eigenvalue weighted by molar-refractivity contribution is -0.145. The van der Waals surface area contributed by atoms with Gasteiger partial charge in [0.25, 0.3) is 0 Å². The highest BCUT2D eigenvalue weighted by atomic mass is 16.5. The third-order valence-electron chi connectivity index (χ3n) is 8.78. The first-order chi connectivity index (χ1) is 20.6. The molecular formula is C32H47N7O3. The number of piperidine rings is 2. The van der Waals surface area contributed by atoms with Gasteiger partial charge in [0.2, 0.25) is 5.95 Å². The molecule has 228 valence electrons. The topological polar surface area (TPSA) is 103 Å². The third kappa shape index (κ3) is 8.33. The number of nitrogens with one attached hydrogen (secondary N) is 2. The Morgan fingerprint density at radius 3 is 2.45 bits per heavy atom. The van der Waals surface area contributed by atoms with E-state index in [1.54, 1.807) is 6.92 Å². The second kappa shape index (κ2) is 15.2. The molecule has 0 bridgehead atoms. The number of anilines is 2. The second-order valence-electron chi connectivity index (χ2n) is 11.8. The van der Waals surface area contributed by atoms with Crippen molar-refractivity contribution in [3.63, 3.8) is 0 Å². The fourth-order valence-electron chi connectivity index (χ4n) is 6.49. The van der Waals surface area contributed by atoms with Gasteiger partial charge in [-0.05, 0) is 63.6 Å². The van der Waals surface area contributed by atoms with Gasteiger partial charge in [-0.25, -0.2) is 14.6 Å². The van der Waals surface area contributed by atoms with Gasteiger partial charge in [0.1, 0.15) is 11.9 Å². The zero-order chi connectivity index (χ0) is 29.1. The zero-order valence-electron chi connectivity index (χ0n) is 25.0. The van der Waals surface area contributed by atoms with Gasteiger partial charge in [0.15, 0.2) is 0 Å². The van der Waals surface area contributed by atoms with Crippen molar-refractivity contribution in [2.75, 3.05) is 56.1 Å². The van der Waals surface area contributed by atoms with E-state index in [0.717, 1.165) is 69.2 Å². The molecule has 3 aliphatic heterocycles. The fourth-order valence-corrected chi connectivity index (χ4v) is 6.49. The molecule has 42 heavy (non-hydrogen) atoms. The van der Waals surface area contributed by atoms with Crippen LogP contribution < -0.4 is 15.5 Å². The van der Waals surface area contributed by atoms with Crippen molar-refractivity contribution < 1.29 is 14.3 Å². The summed E-state index contributed by atoms with van der Waals surface area (Å²) in [5.74, 6) is 1.36. The van der Waals surface area contributed by atoms with Crippen LogP contribution in [0.1, 0.15) is 63.9 Å². The maximum Gasteiger partial charge on any atom is 0.329 e. The molecule has 4 heterocycles. The number of esters is 1. The van der Waals surface area contributed by atoms with Crippen LogP contribution in [0.4, 0.5) is 16.6 Å². The first kappa shape index (κ1) is 30.1. The first-order valence-corrected chi connectivity index (χ1v) is 15.9. The highest BCUT2D eigenvalue weighted by Gasteiger charge is 2.32. The fraction of sp³-hybridized carbons (Fsp3) is 0.625. The molecule has 3 aliphatic rings. The average Bonchev–Trinajstić information content (AvgIpc) is 3.32. The summed E-state index contributed by atoms with van der Waals surface area (Å²) in [6.45, 7) is 7.59. The summed E-state index contributed by atoms with van der Waals surface area (Å²) in [5, 5.41) is 6.58. The molecule has 1 aromatic heterocycles. The normalized spacial score (nSPS) is 21.3. The number of carbonyl (C=O) groups is 2. The van der Waals surface area contributed by atoms with Crippen LogP contribution in [0.15, 0.2) is 42.6 Å². The van der Waals surface area contributed by atoms with Crippen molar-refractivity contribution in [1.82, 2.24) is 25.1 Å². The van der Waals surface area contributed by atoms with Gasteiger partial charge in [-0.2, -0.15) is 4.98 Å². The number of amides is 2. The maximum atomic E-state index is 13.2. The van der Waals surface area contributed by atoms with Gasteiger partial charge >= 0.3 is 12.0 Å². The molecule has 1 aromatic carbocycles. The number of urea groups is 1. The quantitative estimate of drug-likeness (QED) is 0.430. The van der Waals surface area contributed by atoms with E-state index in [2.05, 4.69) is 25.4 Å². The van der Waals surface area contributed by atoms with Gasteiger partial charge in [-0.3, -0.25) is 4.90 Å². The number of benzene rings is 1. The van der Waals surface area contributed by atoms with Gasteiger partial charge < -0.3 is 25.2 Å². The minimum Gasteiger partial charge on any atom is -0.464 e. The van der Waals surface area contributed by atoms with E-state index in [1.165, 1.54) is 25.7 Å². The number of nitrogens with zero attached hydrogens (tertiary/aromatic N) is 5. The van der Waals surface area contributed by atoms with Crippen molar-refractivity contribution in [1.29, 1.82) is 0 Å². The Hall–Kier alpha value is -3.40. The zero-order valence-corrected chi connectivity index (χ0v) is 25.0. The number of likely N-dealkylation sites (tertiary alicyclic amines) is 2. The monoisotopic (exact) mass is 577 g/mol. The Bertz CT molecular complexity index is 1130. The predicted octanol–water partition coefficient (Wildman–Crippen LogP) is 4.08. The van der Waals surface area contributed by atoms with Crippen molar-refractivity contribution >= 4 is 23.8 Å². The Kier molecular flexibility index (Phi) is 10.9.